The van der Waals surface area contributed by atoms with Crippen LogP contribution in [0.5, 0.6) is 5.75 Å². The minimum absolute atomic E-state index is 0.0116. The van der Waals surface area contributed by atoms with Crippen molar-refractivity contribution in [2.24, 2.45) is 7.05 Å². The van der Waals surface area contributed by atoms with Gasteiger partial charge in [0.1, 0.15) is 23.2 Å². The number of aryl methyl sites for hydroxylation is 1. The van der Waals surface area contributed by atoms with Crippen molar-refractivity contribution in [1.82, 2.24) is 20.2 Å². The third-order valence-corrected chi connectivity index (χ3v) is 5.71. The fourth-order valence-electron chi connectivity index (χ4n) is 3.79. The lowest BCUT2D eigenvalue weighted by Gasteiger charge is -2.30. The standard InChI is InChI=1S/C22H32F2N6O2/c1-13(26-2)8-20(25)29-17-9-16(10-18-21(17)28-12-30(18)3)32-15-6-4-14(5-7-15)27-11-19(31)22(23)24/h8-10,12,14-15,19,22,26-27,31H,4-7,11H2,1-3H3,(H2,25,29)/b13-8-/t14-,15+,19-/m1/s1. The lowest BCUT2D eigenvalue weighted by atomic mass is 9.93. The molecule has 3 rings (SSSR count). The van der Waals surface area contributed by atoms with Crippen LogP contribution in [0.25, 0.3) is 11.0 Å². The number of imidazole rings is 1. The van der Waals surface area contributed by atoms with Gasteiger partial charge in [-0.25, -0.2) is 13.8 Å². The number of alkyl halides is 2. The summed E-state index contributed by atoms with van der Waals surface area (Å²) in [5.41, 5.74) is 3.20. The van der Waals surface area contributed by atoms with E-state index in [1.807, 2.05) is 30.7 Å². The Kier molecular flexibility index (Phi) is 8.03. The largest absolute Gasteiger partial charge is 0.490 e. The third-order valence-electron chi connectivity index (χ3n) is 5.71. The van der Waals surface area contributed by atoms with Crippen molar-refractivity contribution in [2.75, 3.05) is 18.9 Å². The van der Waals surface area contributed by atoms with Crippen molar-refractivity contribution in [2.45, 2.75) is 57.3 Å². The van der Waals surface area contributed by atoms with Gasteiger partial charge in [-0.1, -0.05) is 0 Å². The molecular weight excluding hydrogens is 418 g/mol. The molecule has 1 aliphatic carbocycles. The van der Waals surface area contributed by atoms with Crippen molar-refractivity contribution in [1.29, 1.82) is 5.41 Å². The average Bonchev–Trinajstić information content (AvgIpc) is 3.13. The van der Waals surface area contributed by atoms with Gasteiger partial charge in [0.25, 0.3) is 6.43 Å². The molecule has 2 aromatic rings. The summed E-state index contributed by atoms with van der Waals surface area (Å²) in [6.45, 7) is 1.78. The highest BCUT2D eigenvalue weighted by Crippen LogP contribution is 2.31. The number of hydrogen-bond acceptors (Lipinski definition) is 6. The Morgan fingerprint density at radius 3 is 2.72 bits per heavy atom. The molecule has 1 aromatic heterocycles. The van der Waals surface area contributed by atoms with Gasteiger partial charge in [0.2, 0.25) is 0 Å². The second kappa shape index (κ2) is 10.7. The molecule has 1 saturated carbocycles. The highest BCUT2D eigenvalue weighted by atomic mass is 19.3. The van der Waals surface area contributed by atoms with E-state index in [4.69, 9.17) is 10.1 Å². The number of aromatic nitrogens is 2. The molecule has 1 fully saturated rings. The number of nitrogens with one attached hydrogen (secondary N) is 4. The summed E-state index contributed by atoms with van der Waals surface area (Å²) in [6, 6.07) is 3.90. The first kappa shape index (κ1) is 23.9. The van der Waals surface area contributed by atoms with Gasteiger partial charge in [0.15, 0.2) is 0 Å². The van der Waals surface area contributed by atoms with E-state index in [0.717, 1.165) is 42.4 Å². The number of aliphatic hydroxyl groups excluding tert-OH is 1. The van der Waals surface area contributed by atoms with Gasteiger partial charge in [-0.05, 0) is 38.7 Å². The Bertz CT molecular complexity index is 953. The molecule has 1 aromatic carbocycles. The first-order valence-electron chi connectivity index (χ1n) is 10.8. The number of fused-ring (bicyclic) bond motifs is 1. The molecule has 8 nitrogen and oxygen atoms in total. The van der Waals surface area contributed by atoms with E-state index in [1.165, 1.54) is 0 Å². The van der Waals surface area contributed by atoms with Crippen molar-refractivity contribution in [3.8, 4) is 5.75 Å². The third kappa shape index (κ3) is 6.17. The Labute approximate surface area is 186 Å². The number of anilines is 1. The fraction of sp³-hybridized carbons (Fsp3) is 0.545. The maximum atomic E-state index is 12.5. The zero-order chi connectivity index (χ0) is 23.3. The maximum Gasteiger partial charge on any atom is 0.265 e. The van der Waals surface area contributed by atoms with E-state index in [1.54, 1.807) is 19.5 Å². The van der Waals surface area contributed by atoms with Crippen LogP contribution in [0, 0.1) is 5.41 Å². The molecule has 0 amide bonds. The molecule has 1 atom stereocenters. The molecule has 1 heterocycles. The normalized spacial score (nSPS) is 20.4. The number of allylic oxidation sites excluding steroid dienone is 1. The van der Waals surface area contributed by atoms with Crippen LogP contribution in [0.4, 0.5) is 14.5 Å². The van der Waals surface area contributed by atoms with Crippen LogP contribution in [0.3, 0.4) is 0 Å². The van der Waals surface area contributed by atoms with Crippen molar-refractivity contribution in [3.05, 3.63) is 30.2 Å². The van der Waals surface area contributed by atoms with Gasteiger partial charge < -0.3 is 30.4 Å². The molecule has 1 aliphatic rings. The Morgan fingerprint density at radius 2 is 2.06 bits per heavy atom. The number of ether oxygens (including phenoxy) is 1. The summed E-state index contributed by atoms with van der Waals surface area (Å²) < 4.78 is 33.1. The van der Waals surface area contributed by atoms with E-state index in [2.05, 4.69) is 20.9 Å². The smallest absolute Gasteiger partial charge is 0.265 e. The second-order valence-corrected chi connectivity index (χ2v) is 8.21. The maximum absolute atomic E-state index is 12.5. The number of benzene rings is 1. The monoisotopic (exact) mass is 450 g/mol. The molecule has 32 heavy (non-hydrogen) atoms. The summed E-state index contributed by atoms with van der Waals surface area (Å²) in [5.74, 6) is 0.925. The highest BCUT2D eigenvalue weighted by Gasteiger charge is 2.25. The van der Waals surface area contributed by atoms with Gasteiger partial charge in [0.05, 0.1) is 23.6 Å². The molecule has 5 N–H and O–H groups in total. The van der Waals surface area contributed by atoms with Gasteiger partial charge >= 0.3 is 0 Å². The van der Waals surface area contributed by atoms with Gasteiger partial charge in [0, 0.05) is 44.5 Å². The number of hydrogen-bond donors (Lipinski definition) is 5. The molecule has 0 aliphatic heterocycles. The summed E-state index contributed by atoms with van der Waals surface area (Å²) >= 11 is 0. The van der Waals surface area contributed by atoms with Crippen molar-refractivity contribution >= 4 is 22.6 Å². The summed E-state index contributed by atoms with van der Waals surface area (Å²) in [7, 11) is 3.71. The molecule has 0 spiro atoms. The summed E-state index contributed by atoms with van der Waals surface area (Å²) in [6.07, 6.45) is 2.22. The number of aliphatic hydroxyl groups is 1. The summed E-state index contributed by atoms with van der Waals surface area (Å²) in [4.78, 5) is 4.45. The van der Waals surface area contributed by atoms with Crippen molar-refractivity contribution in [3.63, 3.8) is 0 Å². The molecule has 176 valence electrons. The quantitative estimate of drug-likeness (QED) is 0.297. The van der Waals surface area contributed by atoms with Crippen LogP contribution in [0.1, 0.15) is 32.6 Å². The average molecular weight is 451 g/mol. The number of halogens is 2. The minimum Gasteiger partial charge on any atom is -0.490 e. The topological polar surface area (TPSA) is 107 Å². The predicted molar refractivity (Wildman–Crippen MR) is 122 cm³/mol. The van der Waals surface area contributed by atoms with Crippen LogP contribution < -0.4 is 20.7 Å². The summed E-state index contributed by atoms with van der Waals surface area (Å²) in [5, 5.41) is 26.6. The highest BCUT2D eigenvalue weighted by molar-refractivity contribution is 6.06. The van der Waals surface area contributed by atoms with E-state index < -0.39 is 12.5 Å². The number of nitrogens with zero attached hydrogens (tertiary/aromatic N) is 2. The van der Waals surface area contributed by atoms with Crippen LogP contribution in [-0.2, 0) is 7.05 Å². The zero-order valence-electron chi connectivity index (χ0n) is 18.7. The lowest BCUT2D eigenvalue weighted by Crippen LogP contribution is -2.41. The van der Waals surface area contributed by atoms with E-state index in [9.17, 15) is 13.9 Å². The van der Waals surface area contributed by atoms with Gasteiger partial charge in [-0.2, -0.15) is 0 Å². The molecule has 0 unspecified atom stereocenters. The number of amidine groups is 1. The second-order valence-electron chi connectivity index (χ2n) is 8.21. The van der Waals surface area contributed by atoms with Crippen LogP contribution >= 0.6 is 0 Å². The van der Waals surface area contributed by atoms with Gasteiger partial charge in [-0.3, -0.25) is 5.41 Å². The zero-order valence-corrected chi connectivity index (χ0v) is 18.7. The van der Waals surface area contributed by atoms with E-state index in [0.29, 0.717) is 11.4 Å². The first-order chi connectivity index (χ1) is 15.3. The SMILES string of the molecule is CN/C(C)=C\C(=N)Nc1cc(O[C@H]2CC[C@@H](NC[C@@H](O)C(F)F)CC2)cc2c1ncn2C. The van der Waals surface area contributed by atoms with E-state index in [-0.39, 0.29) is 24.5 Å². The van der Waals surface area contributed by atoms with Crippen molar-refractivity contribution < 1.29 is 18.6 Å². The molecule has 0 radical (unpaired) electrons. The molecule has 0 bridgehead atoms. The lowest BCUT2D eigenvalue weighted by molar-refractivity contribution is -0.00585. The van der Waals surface area contributed by atoms with Crippen LogP contribution in [-0.4, -0.2) is 58.8 Å². The Morgan fingerprint density at radius 1 is 1.34 bits per heavy atom. The van der Waals surface area contributed by atoms with Gasteiger partial charge in [-0.15, -0.1) is 0 Å². The van der Waals surface area contributed by atoms with Crippen LogP contribution in [0.2, 0.25) is 0 Å². The first-order valence-corrected chi connectivity index (χ1v) is 10.8. The molecular formula is C22H32F2N6O2. The van der Waals surface area contributed by atoms with E-state index >= 15 is 0 Å². The number of rotatable bonds is 9. The van der Waals surface area contributed by atoms with Crippen LogP contribution in [0.15, 0.2) is 30.2 Å². The fourth-order valence-corrected chi connectivity index (χ4v) is 3.79. The Hall–Kier alpha value is -2.72. The molecule has 0 saturated heterocycles. The Balaban J connectivity index is 1.65. The minimum atomic E-state index is -2.73. The predicted octanol–water partition coefficient (Wildman–Crippen LogP) is 2.99. The molecule has 10 heteroatoms.